The number of carbonyl (C=O) groups is 3. The highest BCUT2D eigenvalue weighted by molar-refractivity contribution is 7.17. The molecule has 0 saturated carbocycles. The molecule has 0 aliphatic heterocycles. The Kier molecular flexibility index (Phi) is 5.29. The van der Waals surface area contributed by atoms with E-state index in [4.69, 9.17) is 0 Å². The summed E-state index contributed by atoms with van der Waals surface area (Å²) in [7, 11) is 1.65. The maximum Gasteiger partial charge on any atom is 0.268 e. The third kappa shape index (κ3) is 3.93. The van der Waals surface area contributed by atoms with E-state index in [9.17, 15) is 14.4 Å². The van der Waals surface area contributed by atoms with Crippen molar-refractivity contribution in [3.8, 4) is 0 Å². The molecule has 0 unspecified atom stereocenters. The molecule has 4 rings (SSSR count). The van der Waals surface area contributed by atoms with Crippen LogP contribution in [0.1, 0.15) is 55.7 Å². The van der Waals surface area contributed by atoms with Gasteiger partial charge in [-0.25, -0.2) is 4.98 Å². The molecule has 1 aliphatic carbocycles. The number of para-hydroxylation sites is 1. The molecule has 6 nitrogen and oxygen atoms in total. The number of carbonyl (C=O) groups excluding carboxylic acids is 3. The van der Waals surface area contributed by atoms with Crippen LogP contribution in [0.2, 0.25) is 0 Å². The molecule has 0 radical (unpaired) electrons. The smallest absolute Gasteiger partial charge is 0.268 e. The molecular formula is C22H21N3O3S2. The molecule has 0 fully saturated rings. The van der Waals surface area contributed by atoms with Gasteiger partial charge in [0, 0.05) is 13.5 Å². The van der Waals surface area contributed by atoms with Crippen molar-refractivity contribution in [3.05, 3.63) is 62.8 Å². The minimum absolute atomic E-state index is 0.0703. The van der Waals surface area contributed by atoms with Crippen molar-refractivity contribution in [2.24, 2.45) is 5.41 Å². The summed E-state index contributed by atoms with van der Waals surface area (Å²) in [4.78, 5) is 45.3. The van der Waals surface area contributed by atoms with Crippen molar-refractivity contribution >= 4 is 51.1 Å². The van der Waals surface area contributed by atoms with Gasteiger partial charge in [-0.3, -0.25) is 19.7 Å². The highest BCUT2D eigenvalue weighted by Gasteiger charge is 2.34. The first-order chi connectivity index (χ1) is 14.2. The Morgan fingerprint density at radius 1 is 1.13 bits per heavy atom. The fourth-order valence-corrected chi connectivity index (χ4v) is 5.18. The van der Waals surface area contributed by atoms with Crippen molar-refractivity contribution in [1.29, 1.82) is 0 Å². The average molecular weight is 440 g/mol. The normalized spacial score (nSPS) is 14.8. The Morgan fingerprint density at radius 3 is 2.63 bits per heavy atom. The fourth-order valence-electron chi connectivity index (χ4n) is 3.57. The zero-order chi connectivity index (χ0) is 21.5. The minimum atomic E-state index is -0.366. The van der Waals surface area contributed by atoms with Crippen LogP contribution in [-0.4, -0.2) is 29.6 Å². The zero-order valence-electron chi connectivity index (χ0n) is 16.9. The molecular weight excluding hydrogens is 418 g/mol. The molecule has 2 aromatic heterocycles. The molecule has 1 aromatic carbocycles. The lowest BCUT2D eigenvalue weighted by Crippen LogP contribution is -2.28. The van der Waals surface area contributed by atoms with Crippen molar-refractivity contribution in [2.45, 2.75) is 26.7 Å². The summed E-state index contributed by atoms with van der Waals surface area (Å²) < 4.78 is 0. The van der Waals surface area contributed by atoms with E-state index < -0.39 is 0 Å². The van der Waals surface area contributed by atoms with E-state index in [1.165, 1.54) is 27.6 Å². The quantitative estimate of drug-likeness (QED) is 0.628. The number of thiophene rings is 1. The molecule has 2 amide bonds. The number of nitrogens with one attached hydrogen (secondary N) is 1. The number of amides is 2. The average Bonchev–Trinajstić information content (AvgIpc) is 3.36. The molecule has 8 heteroatoms. The number of hydrogen-bond donors (Lipinski definition) is 1. The summed E-state index contributed by atoms with van der Waals surface area (Å²) >= 11 is 2.57. The summed E-state index contributed by atoms with van der Waals surface area (Å²) in [5.74, 6) is -0.474. The van der Waals surface area contributed by atoms with E-state index in [-0.39, 0.29) is 23.0 Å². The molecule has 0 atom stereocenters. The standard InChI is InChI=1S/C22H21N3O3S2/c1-22(2)11-14-18(16(26)12-22)30-21(23-14)24-19(27)13-7-4-5-8-15(13)25(3)20(28)17-9-6-10-29-17/h4-10H,11-12H2,1-3H3,(H,23,24,27). The van der Waals surface area contributed by atoms with Crippen LogP contribution >= 0.6 is 22.7 Å². The molecule has 0 saturated heterocycles. The SMILES string of the molecule is CN(C(=O)c1cccs1)c1ccccc1C(=O)Nc1nc2c(s1)C(=O)CC(C)(C)C2. The molecule has 0 bridgehead atoms. The summed E-state index contributed by atoms with van der Waals surface area (Å²) in [5.41, 5.74) is 1.49. The van der Waals surface area contributed by atoms with Crippen LogP contribution in [0.3, 0.4) is 0 Å². The van der Waals surface area contributed by atoms with Crippen molar-refractivity contribution < 1.29 is 14.4 Å². The Morgan fingerprint density at radius 2 is 1.90 bits per heavy atom. The monoisotopic (exact) mass is 439 g/mol. The van der Waals surface area contributed by atoms with Crippen molar-refractivity contribution in [2.75, 3.05) is 17.3 Å². The predicted octanol–water partition coefficient (Wildman–Crippen LogP) is 4.89. The third-order valence-electron chi connectivity index (χ3n) is 5.00. The molecule has 1 aliphatic rings. The van der Waals surface area contributed by atoms with Crippen LogP contribution in [0.5, 0.6) is 0 Å². The van der Waals surface area contributed by atoms with Gasteiger partial charge >= 0.3 is 0 Å². The molecule has 1 N–H and O–H groups in total. The van der Waals surface area contributed by atoms with Gasteiger partial charge in [0.1, 0.15) is 0 Å². The number of thiazole rings is 1. The van der Waals surface area contributed by atoms with Gasteiger partial charge in [0.05, 0.1) is 26.7 Å². The van der Waals surface area contributed by atoms with E-state index in [0.717, 1.165) is 5.69 Å². The van der Waals surface area contributed by atoms with Gasteiger partial charge in [0.15, 0.2) is 10.9 Å². The first kappa shape index (κ1) is 20.4. The summed E-state index contributed by atoms with van der Waals surface area (Å²) in [5, 5.41) is 5.05. The second kappa shape index (κ2) is 7.77. The number of hydrogen-bond acceptors (Lipinski definition) is 6. The summed E-state index contributed by atoms with van der Waals surface area (Å²) in [6.45, 7) is 4.09. The van der Waals surface area contributed by atoms with Crippen LogP contribution in [0.4, 0.5) is 10.8 Å². The van der Waals surface area contributed by atoms with E-state index in [0.29, 0.717) is 39.0 Å². The highest BCUT2D eigenvalue weighted by Crippen LogP contribution is 2.38. The molecule has 154 valence electrons. The number of fused-ring (bicyclic) bond motifs is 1. The van der Waals surface area contributed by atoms with Crippen LogP contribution in [0.15, 0.2) is 41.8 Å². The Bertz CT molecular complexity index is 1130. The number of aromatic nitrogens is 1. The second-order valence-electron chi connectivity index (χ2n) is 8.05. The topological polar surface area (TPSA) is 79.4 Å². The minimum Gasteiger partial charge on any atom is -0.310 e. The number of benzene rings is 1. The maximum atomic E-state index is 13.0. The first-order valence-electron chi connectivity index (χ1n) is 9.50. The van der Waals surface area contributed by atoms with Crippen LogP contribution < -0.4 is 10.2 Å². The van der Waals surface area contributed by atoms with Gasteiger partial charge in [-0.15, -0.1) is 11.3 Å². The maximum absolute atomic E-state index is 13.0. The van der Waals surface area contributed by atoms with Crippen LogP contribution in [-0.2, 0) is 6.42 Å². The summed E-state index contributed by atoms with van der Waals surface area (Å²) in [6, 6.07) is 10.5. The van der Waals surface area contributed by atoms with Gasteiger partial charge in [0.25, 0.3) is 11.8 Å². The number of nitrogens with zero attached hydrogens (tertiary/aromatic N) is 2. The van der Waals surface area contributed by atoms with Gasteiger partial charge in [0.2, 0.25) is 0 Å². The number of ketones is 1. The fraction of sp³-hybridized carbons (Fsp3) is 0.273. The Balaban J connectivity index is 1.58. The number of anilines is 2. The molecule has 0 spiro atoms. The predicted molar refractivity (Wildman–Crippen MR) is 120 cm³/mol. The lowest BCUT2D eigenvalue weighted by atomic mass is 9.78. The second-order valence-corrected chi connectivity index (χ2v) is 10.00. The lowest BCUT2D eigenvalue weighted by Gasteiger charge is -2.26. The first-order valence-corrected chi connectivity index (χ1v) is 11.2. The van der Waals surface area contributed by atoms with Gasteiger partial charge < -0.3 is 4.90 Å². The van der Waals surface area contributed by atoms with E-state index in [1.54, 1.807) is 37.4 Å². The van der Waals surface area contributed by atoms with Crippen LogP contribution in [0, 0.1) is 5.41 Å². The largest absolute Gasteiger partial charge is 0.310 e. The molecule has 3 aromatic rings. The lowest BCUT2D eigenvalue weighted by molar-refractivity contribution is 0.0914. The number of rotatable bonds is 4. The highest BCUT2D eigenvalue weighted by atomic mass is 32.1. The van der Waals surface area contributed by atoms with Crippen molar-refractivity contribution in [3.63, 3.8) is 0 Å². The van der Waals surface area contributed by atoms with Gasteiger partial charge in [-0.2, -0.15) is 0 Å². The Labute approximate surface area is 182 Å². The van der Waals surface area contributed by atoms with E-state index in [2.05, 4.69) is 10.3 Å². The van der Waals surface area contributed by atoms with E-state index >= 15 is 0 Å². The number of Topliss-reactive ketones (excluding diaryl/α,β-unsaturated/α-hetero) is 1. The summed E-state index contributed by atoms with van der Waals surface area (Å²) in [6.07, 6.45) is 1.18. The van der Waals surface area contributed by atoms with Crippen LogP contribution in [0.25, 0.3) is 0 Å². The van der Waals surface area contributed by atoms with Gasteiger partial charge in [-0.1, -0.05) is 43.4 Å². The Hall–Kier alpha value is -2.84. The molecule has 2 heterocycles. The molecule has 30 heavy (non-hydrogen) atoms. The van der Waals surface area contributed by atoms with Gasteiger partial charge in [-0.05, 0) is 35.4 Å². The zero-order valence-corrected chi connectivity index (χ0v) is 18.5. The third-order valence-corrected chi connectivity index (χ3v) is 6.91. The van der Waals surface area contributed by atoms with E-state index in [1.807, 2.05) is 25.3 Å². The van der Waals surface area contributed by atoms with Crippen molar-refractivity contribution in [1.82, 2.24) is 4.98 Å².